The lowest BCUT2D eigenvalue weighted by molar-refractivity contribution is -0.0679. The predicted molar refractivity (Wildman–Crippen MR) is 125 cm³/mol. The van der Waals surface area contributed by atoms with E-state index in [4.69, 9.17) is 19.2 Å². The van der Waals surface area contributed by atoms with Crippen LogP contribution in [-0.2, 0) is 14.2 Å². The van der Waals surface area contributed by atoms with Gasteiger partial charge >= 0.3 is 0 Å². The van der Waals surface area contributed by atoms with Gasteiger partial charge in [0.15, 0.2) is 5.96 Å². The molecule has 0 radical (unpaired) electrons. The van der Waals surface area contributed by atoms with Crippen molar-refractivity contribution < 1.29 is 14.2 Å². The summed E-state index contributed by atoms with van der Waals surface area (Å²) in [5, 5.41) is 3.46. The number of nitrogens with zero attached hydrogens (tertiary/aromatic N) is 3. The second-order valence-corrected chi connectivity index (χ2v) is 7.77. The highest BCUT2D eigenvalue weighted by Crippen LogP contribution is 2.17. The summed E-state index contributed by atoms with van der Waals surface area (Å²) < 4.78 is 16.5. The number of rotatable bonds is 10. The molecule has 2 fully saturated rings. The molecule has 2 rings (SSSR count). The molecular weight excluding hydrogens is 471 g/mol. The van der Waals surface area contributed by atoms with Crippen molar-refractivity contribution in [3.8, 4) is 0 Å². The topological polar surface area (TPSA) is 58.6 Å². The van der Waals surface area contributed by atoms with Gasteiger partial charge in [-0.25, -0.2) is 0 Å². The SMILES string of the molecule is CCNC(=NCCCN1CC(C)OC(C)C1)N1CCC(COCCOC)C1.I. The number of hydrogen-bond acceptors (Lipinski definition) is 5. The quantitative estimate of drug-likeness (QED) is 0.209. The summed E-state index contributed by atoms with van der Waals surface area (Å²) in [6.07, 6.45) is 2.93. The van der Waals surface area contributed by atoms with Crippen LogP contribution in [0, 0.1) is 5.92 Å². The smallest absolute Gasteiger partial charge is 0.193 e. The molecule has 0 saturated carbocycles. The van der Waals surface area contributed by atoms with Crippen LogP contribution in [0.2, 0.25) is 0 Å². The molecule has 2 aliphatic heterocycles. The Morgan fingerprint density at radius 3 is 2.61 bits per heavy atom. The lowest BCUT2D eigenvalue weighted by Gasteiger charge is -2.35. The number of halogens is 1. The third kappa shape index (κ3) is 9.56. The minimum Gasteiger partial charge on any atom is -0.382 e. The largest absolute Gasteiger partial charge is 0.382 e. The molecule has 28 heavy (non-hydrogen) atoms. The maximum atomic E-state index is 5.81. The highest BCUT2D eigenvalue weighted by Gasteiger charge is 2.25. The van der Waals surface area contributed by atoms with E-state index in [0.717, 1.165) is 64.8 Å². The van der Waals surface area contributed by atoms with Gasteiger partial charge in [0.2, 0.25) is 0 Å². The van der Waals surface area contributed by atoms with Gasteiger partial charge in [-0.2, -0.15) is 0 Å². The Kier molecular flexibility index (Phi) is 13.6. The van der Waals surface area contributed by atoms with E-state index in [9.17, 15) is 0 Å². The number of guanidine groups is 1. The van der Waals surface area contributed by atoms with Crippen molar-refractivity contribution in [3.63, 3.8) is 0 Å². The lowest BCUT2D eigenvalue weighted by atomic mass is 10.1. The number of hydrogen-bond donors (Lipinski definition) is 1. The molecule has 7 nitrogen and oxygen atoms in total. The maximum Gasteiger partial charge on any atom is 0.193 e. The number of methoxy groups -OCH3 is 1. The Balaban J connectivity index is 0.00000392. The summed E-state index contributed by atoms with van der Waals surface area (Å²) in [5.74, 6) is 1.64. The van der Waals surface area contributed by atoms with Crippen LogP contribution >= 0.6 is 24.0 Å². The molecule has 2 aliphatic rings. The summed E-state index contributed by atoms with van der Waals surface area (Å²) in [5.41, 5.74) is 0. The Hall–Kier alpha value is -0.160. The summed E-state index contributed by atoms with van der Waals surface area (Å²) >= 11 is 0. The molecule has 0 bridgehead atoms. The van der Waals surface area contributed by atoms with Crippen LogP contribution in [-0.4, -0.2) is 101 Å². The maximum absolute atomic E-state index is 5.81. The zero-order chi connectivity index (χ0) is 19.5. The van der Waals surface area contributed by atoms with Gasteiger partial charge in [-0.1, -0.05) is 0 Å². The summed E-state index contributed by atoms with van der Waals surface area (Å²) in [7, 11) is 1.71. The summed E-state index contributed by atoms with van der Waals surface area (Å²) in [6.45, 7) is 15.6. The van der Waals surface area contributed by atoms with Crippen LogP contribution in [0.1, 0.15) is 33.6 Å². The molecule has 3 atom stereocenters. The third-order valence-electron chi connectivity index (χ3n) is 5.09. The minimum absolute atomic E-state index is 0. The second kappa shape index (κ2) is 14.8. The first-order chi connectivity index (χ1) is 13.1. The average Bonchev–Trinajstić information content (AvgIpc) is 3.09. The predicted octanol–water partition coefficient (Wildman–Crippen LogP) is 2.05. The van der Waals surface area contributed by atoms with E-state index < -0.39 is 0 Å². The standard InChI is InChI=1S/C20H40N4O3.HI/c1-5-21-20(24-10-7-19(15-24)16-26-12-11-25-4)22-8-6-9-23-13-17(2)27-18(3)14-23;/h17-19H,5-16H2,1-4H3,(H,21,22);1H. The molecule has 2 saturated heterocycles. The van der Waals surface area contributed by atoms with Gasteiger partial charge in [0.05, 0.1) is 32.0 Å². The molecule has 2 heterocycles. The van der Waals surface area contributed by atoms with E-state index >= 15 is 0 Å². The molecule has 0 aliphatic carbocycles. The van der Waals surface area contributed by atoms with Crippen LogP contribution < -0.4 is 5.32 Å². The normalized spacial score (nSPS) is 26.4. The van der Waals surface area contributed by atoms with Crippen LogP contribution in [0.25, 0.3) is 0 Å². The average molecular weight is 512 g/mol. The highest BCUT2D eigenvalue weighted by atomic mass is 127. The van der Waals surface area contributed by atoms with Crippen molar-refractivity contribution in [1.82, 2.24) is 15.1 Å². The zero-order valence-corrected chi connectivity index (χ0v) is 20.5. The minimum atomic E-state index is 0. The van der Waals surface area contributed by atoms with Crippen molar-refractivity contribution in [3.05, 3.63) is 0 Å². The van der Waals surface area contributed by atoms with Gasteiger partial charge in [-0.15, -0.1) is 24.0 Å². The highest BCUT2D eigenvalue weighted by molar-refractivity contribution is 14.0. The molecule has 0 spiro atoms. The fraction of sp³-hybridized carbons (Fsp3) is 0.950. The molecule has 8 heteroatoms. The van der Waals surface area contributed by atoms with E-state index in [-0.39, 0.29) is 24.0 Å². The first-order valence-corrected chi connectivity index (χ1v) is 10.6. The van der Waals surface area contributed by atoms with Crippen molar-refractivity contribution in [2.24, 2.45) is 10.9 Å². The Bertz CT molecular complexity index is 432. The molecule has 0 amide bonds. The van der Waals surface area contributed by atoms with Gasteiger partial charge in [0, 0.05) is 58.8 Å². The van der Waals surface area contributed by atoms with E-state index in [1.165, 1.54) is 6.42 Å². The van der Waals surface area contributed by atoms with Crippen molar-refractivity contribution in [2.75, 3.05) is 72.7 Å². The molecule has 0 aromatic carbocycles. The summed E-state index contributed by atoms with van der Waals surface area (Å²) in [6, 6.07) is 0. The number of nitrogens with one attached hydrogen (secondary N) is 1. The van der Waals surface area contributed by atoms with E-state index in [0.29, 0.717) is 31.3 Å². The molecule has 0 aromatic heterocycles. The lowest BCUT2D eigenvalue weighted by Crippen LogP contribution is -2.45. The first-order valence-electron chi connectivity index (χ1n) is 10.6. The van der Waals surface area contributed by atoms with Crippen molar-refractivity contribution in [1.29, 1.82) is 0 Å². The van der Waals surface area contributed by atoms with E-state index in [1.807, 2.05) is 0 Å². The number of ether oxygens (including phenoxy) is 3. The number of morpholine rings is 1. The fourth-order valence-electron chi connectivity index (χ4n) is 3.93. The van der Waals surface area contributed by atoms with Crippen LogP contribution in [0.5, 0.6) is 0 Å². The van der Waals surface area contributed by atoms with Crippen molar-refractivity contribution >= 4 is 29.9 Å². The number of likely N-dealkylation sites (tertiary alicyclic amines) is 1. The Morgan fingerprint density at radius 2 is 1.93 bits per heavy atom. The Labute approximate surface area is 188 Å². The molecule has 1 N–H and O–H groups in total. The molecule has 0 aromatic rings. The monoisotopic (exact) mass is 512 g/mol. The second-order valence-electron chi connectivity index (χ2n) is 7.77. The van der Waals surface area contributed by atoms with Gasteiger partial charge in [0.25, 0.3) is 0 Å². The van der Waals surface area contributed by atoms with Crippen LogP contribution in [0.4, 0.5) is 0 Å². The van der Waals surface area contributed by atoms with Gasteiger partial charge in [0.1, 0.15) is 0 Å². The van der Waals surface area contributed by atoms with Crippen molar-refractivity contribution in [2.45, 2.75) is 45.8 Å². The zero-order valence-electron chi connectivity index (χ0n) is 18.2. The Morgan fingerprint density at radius 1 is 1.18 bits per heavy atom. The first kappa shape index (κ1) is 25.9. The van der Waals surface area contributed by atoms with Crippen LogP contribution in [0.3, 0.4) is 0 Å². The summed E-state index contributed by atoms with van der Waals surface area (Å²) in [4.78, 5) is 9.76. The van der Waals surface area contributed by atoms with Gasteiger partial charge < -0.3 is 24.4 Å². The van der Waals surface area contributed by atoms with E-state index in [1.54, 1.807) is 7.11 Å². The number of aliphatic imine (C=N–C) groups is 1. The molecular formula is C20H41IN4O3. The molecule has 166 valence electrons. The van der Waals surface area contributed by atoms with E-state index in [2.05, 4.69) is 35.9 Å². The third-order valence-corrected chi connectivity index (χ3v) is 5.09. The van der Waals surface area contributed by atoms with Gasteiger partial charge in [-0.3, -0.25) is 9.89 Å². The molecule has 3 unspecified atom stereocenters. The van der Waals surface area contributed by atoms with Gasteiger partial charge in [-0.05, 0) is 33.6 Å². The van der Waals surface area contributed by atoms with Crippen LogP contribution in [0.15, 0.2) is 4.99 Å². The fourth-order valence-corrected chi connectivity index (χ4v) is 3.93.